The Balaban J connectivity index is 1.73. The molecule has 1 unspecified atom stereocenters. The second kappa shape index (κ2) is 5.14. The van der Waals surface area contributed by atoms with E-state index in [1.165, 1.54) is 10.8 Å². The fourth-order valence-electron chi connectivity index (χ4n) is 2.30. The zero-order chi connectivity index (χ0) is 13.1. The average molecular weight is 251 g/mol. The Morgan fingerprint density at radius 2 is 1.95 bits per heavy atom. The van der Waals surface area contributed by atoms with Gasteiger partial charge < -0.3 is 5.32 Å². The molecular weight excluding hydrogens is 234 g/mol. The van der Waals surface area contributed by atoms with Gasteiger partial charge >= 0.3 is 0 Å². The lowest BCUT2D eigenvalue weighted by Gasteiger charge is -2.15. The number of benzene rings is 2. The average Bonchev–Trinajstić information content (AvgIpc) is 2.91. The maximum Gasteiger partial charge on any atom is 0.0608 e. The maximum absolute atomic E-state index is 4.22. The van der Waals surface area contributed by atoms with Crippen molar-refractivity contribution in [3.05, 3.63) is 60.9 Å². The minimum atomic E-state index is 0.334. The highest BCUT2D eigenvalue weighted by atomic mass is 15.3. The van der Waals surface area contributed by atoms with Gasteiger partial charge in [0.1, 0.15) is 0 Å². The zero-order valence-electron chi connectivity index (χ0n) is 11.0. The van der Waals surface area contributed by atoms with Crippen LogP contribution in [0.2, 0.25) is 0 Å². The molecule has 2 aromatic carbocycles. The number of nitrogens with one attached hydrogen (secondary N) is 1. The second-order valence-corrected chi connectivity index (χ2v) is 4.84. The molecule has 1 heterocycles. The van der Waals surface area contributed by atoms with E-state index in [1.54, 1.807) is 0 Å². The molecular formula is C16H17N3. The second-order valence-electron chi connectivity index (χ2n) is 4.84. The standard InChI is InChI=1S/C16H17N3/c1-13(12-19-10-4-9-17-19)18-16-8-7-14-5-2-3-6-15(14)11-16/h2-11,13,18H,12H2,1H3. The number of nitrogens with zero attached hydrogens (tertiary/aromatic N) is 2. The lowest BCUT2D eigenvalue weighted by Crippen LogP contribution is -2.22. The van der Waals surface area contributed by atoms with Gasteiger partial charge in [0, 0.05) is 24.1 Å². The number of fused-ring (bicyclic) bond motifs is 1. The van der Waals surface area contributed by atoms with Gasteiger partial charge in [-0.15, -0.1) is 0 Å². The van der Waals surface area contributed by atoms with Gasteiger partial charge in [0.2, 0.25) is 0 Å². The third-order valence-electron chi connectivity index (χ3n) is 3.18. The van der Waals surface area contributed by atoms with Gasteiger partial charge in [-0.2, -0.15) is 5.10 Å². The van der Waals surface area contributed by atoms with Gasteiger partial charge in [0.15, 0.2) is 0 Å². The van der Waals surface area contributed by atoms with Crippen molar-refractivity contribution in [2.45, 2.75) is 19.5 Å². The monoisotopic (exact) mass is 251 g/mol. The Morgan fingerprint density at radius 1 is 1.11 bits per heavy atom. The number of aromatic nitrogens is 2. The Hall–Kier alpha value is -2.29. The number of rotatable bonds is 4. The van der Waals surface area contributed by atoms with Crippen molar-refractivity contribution < 1.29 is 0 Å². The van der Waals surface area contributed by atoms with Crippen LogP contribution in [0.1, 0.15) is 6.92 Å². The van der Waals surface area contributed by atoms with Gasteiger partial charge in [0.25, 0.3) is 0 Å². The molecule has 0 aliphatic rings. The summed E-state index contributed by atoms with van der Waals surface area (Å²) in [7, 11) is 0. The van der Waals surface area contributed by atoms with Crippen molar-refractivity contribution in [1.82, 2.24) is 9.78 Å². The summed E-state index contributed by atoms with van der Waals surface area (Å²) in [6, 6.07) is 17.2. The van der Waals surface area contributed by atoms with Crippen LogP contribution in [-0.2, 0) is 6.54 Å². The largest absolute Gasteiger partial charge is 0.381 e. The van der Waals surface area contributed by atoms with Gasteiger partial charge in [-0.3, -0.25) is 4.68 Å². The molecule has 3 heteroatoms. The molecule has 1 aromatic heterocycles. The van der Waals surface area contributed by atoms with E-state index < -0.39 is 0 Å². The van der Waals surface area contributed by atoms with Crippen LogP contribution in [0.5, 0.6) is 0 Å². The summed E-state index contributed by atoms with van der Waals surface area (Å²) in [5.74, 6) is 0. The molecule has 0 saturated heterocycles. The lowest BCUT2D eigenvalue weighted by atomic mass is 10.1. The molecule has 0 aliphatic carbocycles. The SMILES string of the molecule is CC(Cn1cccn1)Nc1ccc2ccccc2c1. The molecule has 0 fully saturated rings. The normalized spacial score (nSPS) is 12.5. The van der Waals surface area contributed by atoms with E-state index in [0.29, 0.717) is 6.04 Å². The van der Waals surface area contributed by atoms with Crippen LogP contribution in [0, 0.1) is 0 Å². The van der Waals surface area contributed by atoms with Crippen LogP contribution in [-0.4, -0.2) is 15.8 Å². The smallest absolute Gasteiger partial charge is 0.0608 e. The highest BCUT2D eigenvalue weighted by molar-refractivity contribution is 5.85. The molecule has 0 amide bonds. The fraction of sp³-hybridized carbons (Fsp3) is 0.188. The van der Waals surface area contributed by atoms with Gasteiger partial charge in [-0.1, -0.05) is 30.3 Å². The van der Waals surface area contributed by atoms with Gasteiger partial charge in [0.05, 0.1) is 6.54 Å². The molecule has 1 N–H and O–H groups in total. The number of hydrogen-bond donors (Lipinski definition) is 1. The van der Waals surface area contributed by atoms with Gasteiger partial charge in [-0.05, 0) is 35.9 Å². The molecule has 3 rings (SSSR count). The molecule has 1 atom stereocenters. The Labute approximate surface area is 112 Å². The van der Waals surface area contributed by atoms with Crippen LogP contribution in [0.4, 0.5) is 5.69 Å². The lowest BCUT2D eigenvalue weighted by molar-refractivity contribution is 0.561. The molecule has 0 saturated carbocycles. The molecule has 0 radical (unpaired) electrons. The molecule has 3 nitrogen and oxygen atoms in total. The fourth-order valence-corrected chi connectivity index (χ4v) is 2.30. The maximum atomic E-state index is 4.22. The van der Waals surface area contributed by atoms with Crippen LogP contribution in [0.25, 0.3) is 10.8 Å². The summed E-state index contributed by atoms with van der Waals surface area (Å²) in [6.45, 7) is 3.02. The predicted molar refractivity (Wildman–Crippen MR) is 79.3 cm³/mol. The van der Waals surface area contributed by atoms with E-state index in [-0.39, 0.29) is 0 Å². The first-order valence-electron chi connectivity index (χ1n) is 6.54. The first kappa shape index (κ1) is 11.8. The Kier molecular flexibility index (Phi) is 3.19. The summed E-state index contributed by atoms with van der Waals surface area (Å²) in [5, 5.41) is 10.3. The minimum Gasteiger partial charge on any atom is -0.381 e. The first-order chi connectivity index (χ1) is 9.31. The molecule has 0 bridgehead atoms. The highest BCUT2D eigenvalue weighted by Crippen LogP contribution is 2.19. The van der Waals surface area contributed by atoms with Crippen LogP contribution >= 0.6 is 0 Å². The van der Waals surface area contributed by atoms with Gasteiger partial charge in [-0.25, -0.2) is 0 Å². The molecule has 96 valence electrons. The van der Waals surface area contributed by atoms with Crippen molar-refractivity contribution in [2.24, 2.45) is 0 Å². The molecule has 0 spiro atoms. The quantitative estimate of drug-likeness (QED) is 0.768. The van der Waals surface area contributed by atoms with E-state index in [1.807, 2.05) is 23.1 Å². The van der Waals surface area contributed by atoms with E-state index in [0.717, 1.165) is 12.2 Å². The Bertz CT molecular complexity index is 659. The van der Waals surface area contributed by atoms with Crippen molar-refractivity contribution in [3.8, 4) is 0 Å². The highest BCUT2D eigenvalue weighted by Gasteiger charge is 2.03. The van der Waals surface area contributed by atoms with E-state index in [4.69, 9.17) is 0 Å². The van der Waals surface area contributed by atoms with E-state index in [2.05, 4.69) is 59.8 Å². The van der Waals surface area contributed by atoms with Crippen LogP contribution in [0.15, 0.2) is 60.9 Å². The number of anilines is 1. The van der Waals surface area contributed by atoms with Crippen molar-refractivity contribution >= 4 is 16.5 Å². The van der Waals surface area contributed by atoms with Crippen molar-refractivity contribution in [2.75, 3.05) is 5.32 Å². The van der Waals surface area contributed by atoms with Crippen LogP contribution in [0.3, 0.4) is 0 Å². The zero-order valence-corrected chi connectivity index (χ0v) is 11.0. The van der Waals surface area contributed by atoms with Crippen molar-refractivity contribution in [1.29, 1.82) is 0 Å². The third-order valence-corrected chi connectivity index (χ3v) is 3.18. The van der Waals surface area contributed by atoms with Crippen molar-refractivity contribution in [3.63, 3.8) is 0 Å². The summed E-state index contributed by atoms with van der Waals surface area (Å²) < 4.78 is 1.94. The summed E-state index contributed by atoms with van der Waals surface area (Å²) in [5.41, 5.74) is 1.15. The van der Waals surface area contributed by atoms with E-state index >= 15 is 0 Å². The Morgan fingerprint density at radius 3 is 2.74 bits per heavy atom. The first-order valence-corrected chi connectivity index (χ1v) is 6.54. The summed E-state index contributed by atoms with van der Waals surface area (Å²) in [6.07, 6.45) is 3.79. The molecule has 0 aliphatic heterocycles. The summed E-state index contributed by atoms with van der Waals surface area (Å²) in [4.78, 5) is 0. The van der Waals surface area contributed by atoms with E-state index in [9.17, 15) is 0 Å². The predicted octanol–water partition coefficient (Wildman–Crippen LogP) is 3.54. The minimum absolute atomic E-state index is 0.334. The van der Waals surface area contributed by atoms with Crippen LogP contribution < -0.4 is 5.32 Å². The molecule has 19 heavy (non-hydrogen) atoms. The third kappa shape index (κ3) is 2.76. The number of hydrogen-bond acceptors (Lipinski definition) is 2. The summed E-state index contributed by atoms with van der Waals surface area (Å²) >= 11 is 0. The molecule has 3 aromatic rings. The topological polar surface area (TPSA) is 29.9 Å².